The van der Waals surface area contributed by atoms with Gasteiger partial charge in [-0.2, -0.15) is 0 Å². The van der Waals surface area contributed by atoms with Gasteiger partial charge in [0.2, 0.25) is 0 Å². The van der Waals surface area contributed by atoms with Crippen LogP contribution in [0.15, 0.2) is 24.3 Å². The van der Waals surface area contributed by atoms with Crippen molar-refractivity contribution < 1.29 is 14.6 Å². The van der Waals surface area contributed by atoms with Crippen molar-refractivity contribution in [3.05, 3.63) is 29.8 Å². The summed E-state index contributed by atoms with van der Waals surface area (Å²) in [6.07, 6.45) is 0. The molecule has 1 aromatic carbocycles. The quantitative estimate of drug-likeness (QED) is 0.770. The minimum absolute atomic E-state index is 0.0404. The maximum atomic E-state index is 11.2. The Hall–Kier alpha value is -1.35. The standard InChI is InChI=1S/C12H16O3/c1-9(13)10-6-4-5-7-11(10)15-8-12(2,3)14/h4-7,14H,8H2,1-3H3. The Balaban J connectivity index is 2.81. The van der Waals surface area contributed by atoms with Gasteiger partial charge in [0.25, 0.3) is 0 Å². The van der Waals surface area contributed by atoms with E-state index in [1.807, 2.05) is 0 Å². The highest BCUT2D eigenvalue weighted by Crippen LogP contribution is 2.19. The van der Waals surface area contributed by atoms with Gasteiger partial charge in [0.05, 0.1) is 11.2 Å². The summed E-state index contributed by atoms with van der Waals surface area (Å²) < 4.78 is 5.39. The molecule has 3 heteroatoms. The van der Waals surface area contributed by atoms with Crippen molar-refractivity contribution in [1.82, 2.24) is 0 Å². The highest BCUT2D eigenvalue weighted by Gasteiger charge is 2.15. The fourth-order valence-electron chi connectivity index (χ4n) is 1.14. The molecule has 1 rings (SSSR count). The zero-order valence-corrected chi connectivity index (χ0v) is 9.28. The van der Waals surface area contributed by atoms with Gasteiger partial charge >= 0.3 is 0 Å². The molecule has 0 spiro atoms. The zero-order valence-electron chi connectivity index (χ0n) is 9.28. The maximum Gasteiger partial charge on any atom is 0.163 e. The molecule has 0 aliphatic rings. The summed E-state index contributed by atoms with van der Waals surface area (Å²) in [7, 11) is 0. The first-order chi connectivity index (χ1) is 6.90. The summed E-state index contributed by atoms with van der Waals surface area (Å²) in [5.74, 6) is 0.480. The lowest BCUT2D eigenvalue weighted by molar-refractivity contribution is 0.0281. The van der Waals surface area contributed by atoms with Gasteiger partial charge in [-0.15, -0.1) is 0 Å². The third-order valence-electron chi connectivity index (χ3n) is 1.85. The molecule has 0 radical (unpaired) electrons. The molecule has 82 valence electrons. The molecule has 0 atom stereocenters. The fraction of sp³-hybridized carbons (Fsp3) is 0.417. The number of carbonyl (C=O) groups excluding carboxylic acids is 1. The zero-order chi connectivity index (χ0) is 11.5. The molecular weight excluding hydrogens is 192 g/mol. The van der Waals surface area contributed by atoms with E-state index in [1.165, 1.54) is 6.92 Å². The van der Waals surface area contributed by atoms with Crippen LogP contribution in [0.25, 0.3) is 0 Å². The van der Waals surface area contributed by atoms with Gasteiger partial charge in [-0.25, -0.2) is 0 Å². The number of rotatable bonds is 4. The Morgan fingerprint density at radius 1 is 1.40 bits per heavy atom. The molecule has 15 heavy (non-hydrogen) atoms. The SMILES string of the molecule is CC(=O)c1ccccc1OCC(C)(C)O. The molecule has 3 nitrogen and oxygen atoms in total. The van der Waals surface area contributed by atoms with Crippen LogP contribution in [0.2, 0.25) is 0 Å². The average Bonchev–Trinajstić information content (AvgIpc) is 2.14. The number of benzene rings is 1. The van der Waals surface area contributed by atoms with Crippen LogP contribution in [-0.4, -0.2) is 23.1 Å². The van der Waals surface area contributed by atoms with Gasteiger partial charge in [-0.1, -0.05) is 12.1 Å². The molecule has 0 unspecified atom stereocenters. The molecule has 0 aromatic heterocycles. The van der Waals surface area contributed by atoms with E-state index in [2.05, 4.69) is 0 Å². The molecule has 0 amide bonds. The molecule has 0 saturated heterocycles. The van der Waals surface area contributed by atoms with E-state index in [0.29, 0.717) is 11.3 Å². The van der Waals surface area contributed by atoms with E-state index < -0.39 is 5.60 Å². The van der Waals surface area contributed by atoms with Crippen molar-refractivity contribution in [1.29, 1.82) is 0 Å². The number of hydrogen-bond donors (Lipinski definition) is 1. The number of Topliss-reactive ketones (excluding diaryl/α,β-unsaturated/α-hetero) is 1. The fourth-order valence-corrected chi connectivity index (χ4v) is 1.14. The second kappa shape index (κ2) is 4.45. The normalized spacial score (nSPS) is 11.2. The first kappa shape index (κ1) is 11.7. The highest BCUT2D eigenvalue weighted by atomic mass is 16.5. The van der Waals surface area contributed by atoms with Crippen molar-refractivity contribution in [3.8, 4) is 5.75 Å². The second-order valence-corrected chi connectivity index (χ2v) is 4.15. The molecule has 0 aliphatic heterocycles. The van der Waals surface area contributed by atoms with Crippen LogP contribution >= 0.6 is 0 Å². The van der Waals surface area contributed by atoms with Gasteiger partial charge in [-0.05, 0) is 32.9 Å². The number of para-hydroxylation sites is 1. The van der Waals surface area contributed by atoms with Crippen LogP contribution in [0.4, 0.5) is 0 Å². The third-order valence-corrected chi connectivity index (χ3v) is 1.85. The van der Waals surface area contributed by atoms with E-state index >= 15 is 0 Å². The lowest BCUT2D eigenvalue weighted by atomic mass is 10.1. The van der Waals surface area contributed by atoms with Crippen molar-refractivity contribution >= 4 is 5.78 Å². The molecule has 0 saturated carbocycles. The topological polar surface area (TPSA) is 46.5 Å². The average molecular weight is 208 g/mol. The van der Waals surface area contributed by atoms with Gasteiger partial charge in [0.1, 0.15) is 12.4 Å². The molecular formula is C12H16O3. The summed E-state index contributed by atoms with van der Waals surface area (Å²) in [6.45, 7) is 4.97. The van der Waals surface area contributed by atoms with Gasteiger partial charge in [-0.3, -0.25) is 4.79 Å². The Morgan fingerprint density at radius 2 is 2.00 bits per heavy atom. The van der Waals surface area contributed by atoms with Crippen molar-refractivity contribution in [2.75, 3.05) is 6.61 Å². The first-order valence-electron chi connectivity index (χ1n) is 4.85. The summed E-state index contributed by atoms with van der Waals surface area (Å²) in [5.41, 5.74) is -0.356. The van der Waals surface area contributed by atoms with E-state index in [9.17, 15) is 9.90 Å². The van der Waals surface area contributed by atoms with Crippen LogP contribution in [-0.2, 0) is 0 Å². The lowest BCUT2D eigenvalue weighted by Gasteiger charge is -2.18. The van der Waals surface area contributed by atoms with Crippen molar-refractivity contribution in [2.45, 2.75) is 26.4 Å². The number of ketones is 1. The van der Waals surface area contributed by atoms with Crippen molar-refractivity contribution in [2.24, 2.45) is 0 Å². The van der Waals surface area contributed by atoms with E-state index in [0.717, 1.165) is 0 Å². The monoisotopic (exact) mass is 208 g/mol. The molecule has 0 bridgehead atoms. The predicted octanol–water partition coefficient (Wildman–Crippen LogP) is 2.04. The lowest BCUT2D eigenvalue weighted by Crippen LogP contribution is -2.28. The Labute approximate surface area is 89.7 Å². The smallest absolute Gasteiger partial charge is 0.163 e. The van der Waals surface area contributed by atoms with E-state index in [1.54, 1.807) is 38.1 Å². The van der Waals surface area contributed by atoms with Crippen LogP contribution in [0.5, 0.6) is 5.75 Å². The minimum atomic E-state index is -0.899. The van der Waals surface area contributed by atoms with Gasteiger partial charge in [0, 0.05) is 0 Å². The minimum Gasteiger partial charge on any atom is -0.490 e. The van der Waals surface area contributed by atoms with Gasteiger partial charge < -0.3 is 9.84 Å². The Bertz CT molecular complexity index is 350. The largest absolute Gasteiger partial charge is 0.490 e. The molecule has 0 fully saturated rings. The molecule has 1 N–H and O–H groups in total. The van der Waals surface area contributed by atoms with E-state index in [4.69, 9.17) is 4.74 Å². The van der Waals surface area contributed by atoms with Crippen molar-refractivity contribution in [3.63, 3.8) is 0 Å². The molecule has 0 aliphatic carbocycles. The molecule has 0 heterocycles. The van der Waals surface area contributed by atoms with Crippen LogP contribution in [0.3, 0.4) is 0 Å². The first-order valence-corrected chi connectivity index (χ1v) is 4.85. The highest BCUT2D eigenvalue weighted by molar-refractivity contribution is 5.96. The summed E-state index contributed by atoms with van der Waals surface area (Å²) in [6, 6.07) is 7.02. The number of hydrogen-bond acceptors (Lipinski definition) is 3. The summed E-state index contributed by atoms with van der Waals surface area (Å²) in [4.78, 5) is 11.2. The summed E-state index contributed by atoms with van der Waals surface area (Å²) in [5, 5.41) is 9.50. The Morgan fingerprint density at radius 3 is 2.53 bits per heavy atom. The van der Waals surface area contributed by atoms with Crippen LogP contribution in [0, 0.1) is 0 Å². The summed E-state index contributed by atoms with van der Waals surface area (Å²) >= 11 is 0. The number of carbonyl (C=O) groups is 1. The predicted molar refractivity (Wildman–Crippen MR) is 58.2 cm³/mol. The second-order valence-electron chi connectivity index (χ2n) is 4.15. The number of aliphatic hydroxyl groups is 1. The third kappa shape index (κ3) is 3.72. The maximum absolute atomic E-state index is 11.2. The molecule has 1 aromatic rings. The van der Waals surface area contributed by atoms with E-state index in [-0.39, 0.29) is 12.4 Å². The van der Waals surface area contributed by atoms with Crippen LogP contribution in [0.1, 0.15) is 31.1 Å². The number of ether oxygens (including phenoxy) is 1. The van der Waals surface area contributed by atoms with Crippen LogP contribution < -0.4 is 4.74 Å². The van der Waals surface area contributed by atoms with Gasteiger partial charge in [0.15, 0.2) is 5.78 Å². The Kier molecular flexibility index (Phi) is 3.48.